The minimum absolute atomic E-state index is 0.190. The first-order chi connectivity index (χ1) is 7.59. The minimum atomic E-state index is -0.190. The highest BCUT2D eigenvalue weighted by Gasteiger charge is 2.24. The van der Waals surface area contributed by atoms with Gasteiger partial charge in [0.15, 0.2) is 0 Å². The fourth-order valence-electron chi connectivity index (χ4n) is 2.31. The SMILES string of the molecule is CCC(C)(C=O)CN(C)CC1CCCOC1. The number of aldehydes is 1. The fraction of sp³-hybridized carbons (Fsp3) is 0.923. The molecule has 1 fully saturated rings. The lowest BCUT2D eigenvalue weighted by Gasteiger charge is -2.32. The summed E-state index contributed by atoms with van der Waals surface area (Å²) in [5.41, 5.74) is -0.190. The van der Waals surface area contributed by atoms with Crippen molar-refractivity contribution in [3.63, 3.8) is 0 Å². The third-order valence-corrected chi connectivity index (χ3v) is 3.55. The zero-order valence-corrected chi connectivity index (χ0v) is 10.9. The van der Waals surface area contributed by atoms with Crippen molar-refractivity contribution in [1.82, 2.24) is 4.90 Å². The Hall–Kier alpha value is -0.410. The minimum Gasteiger partial charge on any atom is -0.381 e. The Morgan fingerprint density at radius 1 is 1.56 bits per heavy atom. The largest absolute Gasteiger partial charge is 0.381 e. The summed E-state index contributed by atoms with van der Waals surface area (Å²) in [4.78, 5) is 13.3. The maximum absolute atomic E-state index is 11.0. The monoisotopic (exact) mass is 227 g/mol. The lowest BCUT2D eigenvalue weighted by Crippen LogP contribution is -2.38. The van der Waals surface area contributed by atoms with E-state index >= 15 is 0 Å². The van der Waals surface area contributed by atoms with Crippen LogP contribution >= 0.6 is 0 Å². The van der Waals surface area contributed by atoms with E-state index in [2.05, 4.69) is 18.9 Å². The van der Waals surface area contributed by atoms with Gasteiger partial charge in [-0.15, -0.1) is 0 Å². The number of rotatable bonds is 6. The third kappa shape index (κ3) is 4.22. The number of carbonyl (C=O) groups excluding carboxylic acids is 1. The standard InChI is InChI=1S/C13H25NO2/c1-4-13(2,11-15)10-14(3)8-12-6-5-7-16-9-12/h11-12H,4-10H2,1-3H3. The van der Waals surface area contributed by atoms with Crippen molar-refractivity contribution in [2.45, 2.75) is 33.1 Å². The Balaban J connectivity index is 2.33. The van der Waals surface area contributed by atoms with E-state index < -0.39 is 0 Å². The molecule has 2 atom stereocenters. The molecule has 0 bridgehead atoms. The molecule has 0 amide bonds. The first kappa shape index (κ1) is 13.7. The van der Waals surface area contributed by atoms with E-state index in [1.54, 1.807) is 0 Å². The van der Waals surface area contributed by atoms with Gasteiger partial charge in [-0.05, 0) is 32.2 Å². The van der Waals surface area contributed by atoms with Gasteiger partial charge in [0.05, 0.1) is 6.61 Å². The number of hydrogen-bond acceptors (Lipinski definition) is 3. The highest BCUT2D eigenvalue weighted by atomic mass is 16.5. The molecular formula is C13H25NO2. The summed E-state index contributed by atoms with van der Waals surface area (Å²) in [6.45, 7) is 7.81. The molecule has 0 spiro atoms. The van der Waals surface area contributed by atoms with Crippen LogP contribution in [-0.4, -0.2) is 44.5 Å². The normalized spacial score (nSPS) is 25.4. The summed E-state index contributed by atoms with van der Waals surface area (Å²) in [7, 11) is 2.10. The van der Waals surface area contributed by atoms with Crippen LogP contribution in [-0.2, 0) is 9.53 Å². The van der Waals surface area contributed by atoms with Gasteiger partial charge >= 0.3 is 0 Å². The van der Waals surface area contributed by atoms with E-state index in [0.717, 1.165) is 39.0 Å². The van der Waals surface area contributed by atoms with E-state index in [1.807, 2.05) is 6.92 Å². The van der Waals surface area contributed by atoms with Crippen molar-refractivity contribution in [3.8, 4) is 0 Å². The van der Waals surface area contributed by atoms with Gasteiger partial charge in [0.25, 0.3) is 0 Å². The quantitative estimate of drug-likeness (QED) is 0.650. The molecule has 2 unspecified atom stereocenters. The lowest BCUT2D eigenvalue weighted by atomic mass is 9.88. The second-order valence-electron chi connectivity index (χ2n) is 5.41. The van der Waals surface area contributed by atoms with Gasteiger partial charge in [0, 0.05) is 25.1 Å². The van der Waals surface area contributed by atoms with E-state index in [-0.39, 0.29) is 5.41 Å². The van der Waals surface area contributed by atoms with Crippen LogP contribution in [0, 0.1) is 11.3 Å². The van der Waals surface area contributed by atoms with Crippen molar-refractivity contribution in [3.05, 3.63) is 0 Å². The molecule has 1 saturated heterocycles. The average molecular weight is 227 g/mol. The van der Waals surface area contributed by atoms with Crippen LogP contribution in [0.25, 0.3) is 0 Å². The molecule has 1 aliphatic rings. The molecule has 94 valence electrons. The van der Waals surface area contributed by atoms with Gasteiger partial charge in [0.2, 0.25) is 0 Å². The molecule has 1 heterocycles. The van der Waals surface area contributed by atoms with Crippen molar-refractivity contribution < 1.29 is 9.53 Å². The van der Waals surface area contributed by atoms with Gasteiger partial charge in [-0.3, -0.25) is 0 Å². The third-order valence-electron chi connectivity index (χ3n) is 3.55. The Labute approximate surface area is 99.1 Å². The van der Waals surface area contributed by atoms with Gasteiger partial charge in [-0.1, -0.05) is 13.8 Å². The van der Waals surface area contributed by atoms with Crippen molar-refractivity contribution in [2.75, 3.05) is 33.4 Å². The molecule has 0 aromatic rings. The van der Waals surface area contributed by atoms with Crippen molar-refractivity contribution >= 4 is 6.29 Å². The van der Waals surface area contributed by atoms with E-state index in [4.69, 9.17) is 4.74 Å². The van der Waals surface area contributed by atoms with Crippen LogP contribution in [0.3, 0.4) is 0 Å². The topological polar surface area (TPSA) is 29.5 Å². The first-order valence-corrected chi connectivity index (χ1v) is 6.32. The molecular weight excluding hydrogens is 202 g/mol. The van der Waals surface area contributed by atoms with Crippen molar-refractivity contribution in [1.29, 1.82) is 0 Å². The van der Waals surface area contributed by atoms with Gasteiger partial charge in [-0.2, -0.15) is 0 Å². The Morgan fingerprint density at radius 2 is 2.31 bits per heavy atom. The molecule has 1 aliphatic heterocycles. The number of ether oxygens (including phenoxy) is 1. The molecule has 0 radical (unpaired) electrons. The summed E-state index contributed by atoms with van der Waals surface area (Å²) in [6.07, 6.45) is 4.44. The van der Waals surface area contributed by atoms with Crippen LogP contribution in [0.15, 0.2) is 0 Å². The number of carbonyl (C=O) groups is 1. The Morgan fingerprint density at radius 3 is 2.81 bits per heavy atom. The van der Waals surface area contributed by atoms with Crippen molar-refractivity contribution in [2.24, 2.45) is 11.3 Å². The molecule has 0 saturated carbocycles. The smallest absolute Gasteiger partial charge is 0.127 e. The lowest BCUT2D eigenvalue weighted by molar-refractivity contribution is -0.116. The summed E-state index contributed by atoms with van der Waals surface area (Å²) >= 11 is 0. The zero-order chi connectivity index (χ0) is 12.0. The molecule has 0 N–H and O–H groups in total. The predicted molar refractivity (Wildman–Crippen MR) is 65.5 cm³/mol. The summed E-state index contributed by atoms with van der Waals surface area (Å²) in [5, 5.41) is 0. The molecule has 3 heteroatoms. The molecule has 1 rings (SSSR count). The summed E-state index contributed by atoms with van der Waals surface area (Å²) < 4.78 is 5.47. The highest BCUT2D eigenvalue weighted by Crippen LogP contribution is 2.21. The zero-order valence-electron chi connectivity index (χ0n) is 10.9. The molecule has 0 aromatic carbocycles. The maximum atomic E-state index is 11.0. The van der Waals surface area contributed by atoms with E-state index in [0.29, 0.717) is 5.92 Å². The number of hydrogen-bond donors (Lipinski definition) is 0. The molecule has 3 nitrogen and oxygen atoms in total. The fourth-order valence-corrected chi connectivity index (χ4v) is 2.31. The van der Waals surface area contributed by atoms with E-state index in [1.165, 1.54) is 12.8 Å². The average Bonchev–Trinajstić information content (AvgIpc) is 2.30. The van der Waals surface area contributed by atoms with Crippen LogP contribution in [0.4, 0.5) is 0 Å². The second kappa shape index (κ2) is 6.36. The van der Waals surface area contributed by atoms with Gasteiger partial charge in [-0.25, -0.2) is 0 Å². The van der Waals surface area contributed by atoms with Gasteiger partial charge < -0.3 is 14.4 Å². The van der Waals surface area contributed by atoms with Crippen LogP contribution < -0.4 is 0 Å². The Kier molecular flexibility index (Phi) is 5.42. The number of nitrogens with zero attached hydrogens (tertiary/aromatic N) is 1. The molecule has 16 heavy (non-hydrogen) atoms. The van der Waals surface area contributed by atoms with E-state index in [9.17, 15) is 4.79 Å². The van der Waals surface area contributed by atoms with Crippen LogP contribution in [0.5, 0.6) is 0 Å². The second-order valence-corrected chi connectivity index (χ2v) is 5.41. The maximum Gasteiger partial charge on any atom is 0.127 e. The Bertz CT molecular complexity index is 214. The summed E-state index contributed by atoms with van der Waals surface area (Å²) in [6, 6.07) is 0. The highest BCUT2D eigenvalue weighted by molar-refractivity contribution is 5.58. The van der Waals surface area contributed by atoms with Crippen LogP contribution in [0.2, 0.25) is 0 Å². The van der Waals surface area contributed by atoms with Crippen LogP contribution in [0.1, 0.15) is 33.1 Å². The first-order valence-electron chi connectivity index (χ1n) is 6.32. The van der Waals surface area contributed by atoms with Gasteiger partial charge in [0.1, 0.15) is 6.29 Å². The predicted octanol–water partition coefficient (Wildman–Crippen LogP) is 1.96. The summed E-state index contributed by atoms with van der Waals surface area (Å²) in [5.74, 6) is 0.645. The molecule has 0 aromatic heterocycles. The molecule has 0 aliphatic carbocycles.